The highest BCUT2D eigenvalue weighted by atomic mass is 19.1. The van der Waals surface area contributed by atoms with Crippen LogP contribution in [0.1, 0.15) is 33.1 Å². The Morgan fingerprint density at radius 3 is 2.60 bits per heavy atom. The predicted molar refractivity (Wildman–Crippen MR) is 38.5 cm³/mol. The molecule has 1 nitrogen and oxygen atoms in total. The Hall–Kier alpha value is -0.110. The quantitative estimate of drug-likeness (QED) is 0.644. The molecule has 1 aliphatic rings. The van der Waals surface area contributed by atoms with Gasteiger partial charge in [-0.15, -0.1) is 0 Å². The zero-order chi connectivity index (χ0) is 7.78. The number of aliphatic hydroxyl groups excluding tert-OH is 1. The SMILES string of the molecule is CCCC(O)C1(C)CC1F. The topological polar surface area (TPSA) is 20.2 Å². The van der Waals surface area contributed by atoms with Crippen LogP contribution < -0.4 is 0 Å². The molecule has 0 spiro atoms. The van der Waals surface area contributed by atoms with Gasteiger partial charge < -0.3 is 5.11 Å². The summed E-state index contributed by atoms with van der Waals surface area (Å²) in [5, 5.41) is 9.38. The molecule has 3 unspecified atom stereocenters. The van der Waals surface area contributed by atoms with Crippen molar-refractivity contribution in [3.05, 3.63) is 0 Å². The lowest BCUT2D eigenvalue weighted by molar-refractivity contribution is 0.0787. The lowest BCUT2D eigenvalue weighted by Crippen LogP contribution is -2.20. The van der Waals surface area contributed by atoms with Crippen LogP contribution in [0.5, 0.6) is 0 Å². The van der Waals surface area contributed by atoms with E-state index in [0.717, 1.165) is 12.8 Å². The van der Waals surface area contributed by atoms with E-state index >= 15 is 0 Å². The average Bonchev–Trinajstić information content (AvgIpc) is 2.43. The minimum atomic E-state index is -0.756. The number of alkyl halides is 1. The fourth-order valence-corrected chi connectivity index (χ4v) is 1.28. The highest BCUT2D eigenvalue weighted by molar-refractivity contribution is 5.04. The maximum Gasteiger partial charge on any atom is 0.109 e. The first-order valence-corrected chi connectivity index (χ1v) is 3.93. The fourth-order valence-electron chi connectivity index (χ4n) is 1.28. The van der Waals surface area contributed by atoms with Gasteiger partial charge in [0.05, 0.1) is 6.10 Å². The van der Waals surface area contributed by atoms with Gasteiger partial charge >= 0.3 is 0 Å². The summed E-state index contributed by atoms with van der Waals surface area (Å²) in [5.74, 6) is 0. The van der Waals surface area contributed by atoms with Crippen molar-refractivity contribution in [3.8, 4) is 0 Å². The summed E-state index contributed by atoms with van der Waals surface area (Å²) in [4.78, 5) is 0. The second-order valence-electron chi connectivity index (χ2n) is 3.48. The minimum Gasteiger partial charge on any atom is -0.392 e. The molecule has 0 aliphatic heterocycles. The molecule has 1 rings (SSSR count). The van der Waals surface area contributed by atoms with E-state index in [1.165, 1.54) is 0 Å². The summed E-state index contributed by atoms with van der Waals surface area (Å²) in [7, 11) is 0. The van der Waals surface area contributed by atoms with Crippen LogP contribution in [0.3, 0.4) is 0 Å². The normalized spacial score (nSPS) is 41.4. The molecule has 0 radical (unpaired) electrons. The summed E-state index contributed by atoms with van der Waals surface area (Å²) < 4.78 is 12.6. The molecule has 1 fully saturated rings. The van der Waals surface area contributed by atoms with Gasteiger partial charge in [-0.2, -0.15) is 0 Å². The second kappa shape index (κ2) is 2.50. The molecule has 1 aliphatic carbocycles. The molecule has 0 aromatic rings. The van der Waals surface area contributed by atoms with Crippen LogP contribution in [0.4, 0.5) is 4.39 Å². The molecule has 0 bridgehead atoms. The van der Waals surface area contributed by atoms with E-state index in [-0.39, 0.29) is 0 Å². The standard InChI is InChI=1S/C8H15FO/c1-3-4-7(10)8(2)5-6(8)9/h6-7,10H,3-5H2,1-2H3. The minimum absolute atomic E-state index is 0.393. The zero-order valence-corrected chi connectivity index (χ0v) is 6.60. The first kappa shape index (κ1) is 7.99. The molecule has 0 aromatic heterocycles. The molecule has 60 valence electrons. The van der Waals surface area contributed by atoms with Crippen molar-refractivity contribution in [3.63, 3.8) is 0 Å². The molecular weight excluding hydrogens is 131 g/mol. The Morgan fingerprint density at radius 2 is 2.30 bits per heavy atom. The van der Waals surface area contributed by atoms with Crippen molar-refractivity contribution in [2.24, 2.45) is 5.41 Å². The first-order valence-electron chi connectivity index (χ1n) is 3.93. The van der Waals surface area contributed by atoms with E-state index < -0.39 is 17.7 Å². The van der Waals surface area contributed by atoms with Crippen LogP contribution in [0.25, 0.3) is 0 Å². The molecule has 2 heteroatoms. The molecule has 0 amide bonds. The summed E-state index contributed by atoms with van der Waals surface area (Å²) in [5.41, 5.74) is -0.393. The van der Waals surface area contributed by atoms with Crippen molar-refractivity contribution in [2.75, 3.05) is 0 Å². The number of rotatable bonds is 3. The van der Waals surface area contributed by atoms with Crippen LogP contribution in [0, 0.1) is 5.41 Å². The molecule has 0 heterocycles. The summed E-state index contributed by atoms with van der Waals surface area (Å²) in [6, 6.07) is 0. The van der Waals surface area contributed by atoms with Crippen LogP contribution in [-0.4, -0.2) is 17.4 Å². The smallest absolute Gasteiger partial charge is 0.109 e. The Balaban J connectivity index is 2.34. The van der Waals surface area contributed by atoms with E-state index in [4.69, 9.17) is 0 Å². The lowest BCUT2D eigenvalue weighted by atomic mass is 9.98. The predicted octanol–water partition coefficient (Wildman–Crippen LogP) is 1.90. The van der Waals surface area contributed by atoms with Crippen molar-refractivity contribution < 1.29 is 9.50 Å². The van der Waals surface area contributed by atoms with Crippen molar-refractivity contribution in [1.29, 1.82) is 0 Å². The molecule has 0 aromatic carbocycles. The van der Waals surface area contributed by atoms with Gasteiger partial charge in [-0.3, -0.25) is 0 Å². The van der Waals surface area contributed by atoms with Gasteiger partial charge in [0.15, 0.2) is 0 Å². The van der Waals surface area contributed by atoms with Gasteiger partial charge in [0.2, 0.25) is 0 Å². The maximum atomic E-state index is 12.6. The van der Waals surface area contributed by atoms with Crippen molar-refractivity contribution >= 4 is 0 Å². The third-order valence-corrected chi connectivity index (χ3v) is 2.50. The van der Waals surface area contributed by atoms with Crippen LogP contribution in [-0.2, 0) is 0 Å². The van der Waals surface area contributed by atoms with E-state index in [1.807, 2.05) is 13.8 Å². The van der Waals surface area contributed by atoms with Crippen molar-refractivity contribution in [2.45, 2.75) is 45.4 Å². The van der Waals surface area contributed by atoms with Gasteiger partial charge in [0.1, 0.15) is 6.17 Å². The van der Waals surface area contributed by atoms with Gasteiger partial charge in [-0.25, -0.2) is 4.39 Å². The first-order chi connectivity index (χ1) is 4.61. The van der Waals surface area contributed by atoms with E-state index in [1.54, 1.807) is 0 Å². The van der Waals surface area contributed by atoms with Gasteiger partial charge in [0.25, 0.3) is 0 Å². The number of halogens is 1. The third-order valence-electron chi connectivity index (χ3n) is 2.50. The van der Waals surface area contributed by atoms with E-state index in [0.29, 0.717) is 6.42 Å². The molecule has 3 atom stereocenters. The van der Waals surface area contributed by atoms with Gasteiger partial charge in [-0.1, -0.05) is 20.3 Å². The van der Waals surface area contributed by atoms with Crippen molar-refractivity contribution in [1.82, 2.24) is 0 Å². The average molecular weight is 146 g/mol. The monoisotopic (exact) mass is 146 g/mol. The van der Waals surface area contributed by atoms with Crippen LogP contribution >= 0.6 is 0 Å². The third kappa shape index (κ3) is 1.17. The van der Waals surface area contributed by atoms with E-state index in [2.05, 4.69) is 0 Å². The fraction of sp³-hybridized carbons (Fsp3) is 1.00. The second-order valence-corrected chi connectivity index (χ2v) is 3.48. The largest absolute Gasteiger partial charge is 0.392 e. The number of hydrogen-bond acceptors (Lipinski definition) is 1. The number of aliphatic hydroxyl groups is 1. The Bertz CT molecular complexity index is 126. The molecular formula is C8H15FO. The molecule has 0 saturated heterocycles. The Labute approximate surface area is 61.2 Å². The Morgan fingerprint density at radius 1 is 1.80 bits per heavy atom. The number of hydrogen-bond donors (Lipinski definition) is 1. The summed E-state index contributed by atoms with van der Waals surface area (Å²) >= 11 is 0. The van der Waals surface area contributed by atoms with Crippen LogP contribution in [0.2, 0.25) is 0 Å². The summed E-state index contributed by atoms with van der Waals surface area (Å²) in [6.07, 6.45) is 1.04. The highest BCUT2D eigenvalue weighted by Gasteiger charge is 2.55. The van der Waals surface area contributed by atoms with Gasteiger partial charge in [0, 0.05) is 5.41 Å². The Kier molecular flexibility index (Phi) is 1.99. The van der Waals surface area contributed by atoms with Crippen LogP contribution in [0.15, 0.2) is 0 Å². The zero-order valence-electron chi connectivity index (χ0n) is 6.60. The summed E-state index contributed by atoms with van der Waals surface area (Å²) in [6.45, 7) is 3.82. The maximum absolute atomic E-state index is 12.6. The van der Waals surface area contributed by atoms with E-state index in [9.17, 15) is 9.50 Å². The lowest BCUT2D eigenvalue weighted by Gasteiger charge is -2.15. The highest BCUT2D eigenvalue weighted by Crippen LogP contribution is 2.51. The molecule has 1 saturated carbocycles. The molecule has 1 N–H and O–H groups in total. The molecule has 10 heavy (non-hydrogen) atoms. The van der Waals surface area contributed by atoms with Gasteiger partial charge in [-0.05, 0) is 12.8 Å².